The van der Waals surface area contributed by atoms with Crippen LogP contribution >= 0.6 is 0 Å². The number of rotatable bonds is 5. The van der Waals surface area contributed by atoms with Crippen LogP contribution in [0.5, 0.6) is 5.75 Å². The number of fused-ring (bicyclic) bond motifs is 1. The van der Waals surface area contributed by atoms with E-state index in [1.165, 1.54) is 6.07 Å². The van der Waals surface area contributed by atoms with E-state index in [2.05, 4.69) is 30.0 Å². The first kappa shape index (κ1) is 18.5. The summed E-state index contributed by atoms with van der Waals surface area (Å²) in [5.41, 5.74) is 7.56. The molecule has 0 unspecified atom stereocenters. The molecule has 3 N–H and O–H groups in total. The second kappa shape index (κ2) is 7.26. The maximum atomic E-state index is 13.9. The van der Waals surface area contributed by atoms with Crippen molar-refractivity contribution in [1.82, 2.24) is 24.5 Å². The van der Waals surface area contributed by atoms with Gasteiger partial charge in [0.15, 0.2) is 11.6 Å². The second-order valence-corrected chi connectivity index (χ2v) is 5.95. The number of nitrogen functional groups attached to an aromatic ring is 1. The topological polar surface area (TPSA) is 104 Å². The molecule has 0 spiro atoms. The third-order valence-corrected chi connectivity index (χ3v) is 3.97. The van der Waals surface area contributed by atoms with Crippen molar-refractivity contribution in [3.63, 3.8) is 0 Å². The zero-order valence-corrected chi connectivity index (χ0v) is 15.0. The van der Waals surface area contributed by atoms with Crippen LogP contribution in [-0.4, -0.2) is 31.1 Å². The summed E-state index contributed by atoms with van der Waals surface area (Å²) in [5.74, 6) is -0.679. The molecule has 0 saturated heterocycles. The SMILES string of the molecule is Cc1nc2ccccc2n1-c1nc(N)nc(Nc2ccc(OC(F)F)c(F)c2)n1. The van der Waals surface area contributed by atoms with Crippen LogP contribution in [0.25, 0.3) is 17.0 Å². The highest BCUT2D eigenvalue weighted by molar-refractivity contribution is 5.77. The van der Waals surface area contributed by atoms with E-state index in [0.717, 1.165) is 23.2 Å². The predicted octanol–water partition coefficient (Wildman–Crippen LogP) is 3.59. The molecular formula is C18H14F3N7O. The monoisotopic (exact) mass is 401 g/mol. The molecule has 0 bridgehead atoms. The van der Waals surface area contributed by atoms with Crippen LogP contribution in [0.15, 0.2) is 42.5 Å². The second-order valence-electron chi connectivity index (χ2n) is 5.95. The molecule has 0 aliphatic rings. The van der Waals surface area contributed by atoms with Gasteiger partial charge in [0.1, 0.15) is 5.82 Å². The van der Waals surface area contributed by atoms with Crippen LogP contribution < -0.4 is 15.8 Å². The highest BCUT2D eigenvalue weighted by Crippen LogP contribution is 2.25. The molecular weight excluding hydrogens is 387 g/mol. The maximum Gasteiger partial charge on any atom is 0.387 e. The summed E-state index contributed by atoms with van der Waals surface area (Å²) < 4.78 is 44.2. The number of aromatic nitrogens is 5. The van der Waals surface area contributed by atoms with E-state index in [1.54, 1.807) is 11.5 Å². The summed E-state index contributed by atoms with van der Waals surface area (Å²) in [7, 11) is 0. The molecule has 2 heterocycles. The Bertz CT molecular complexity index is 1200. The molecule has 2 aromatic heterocycles. The van der Waals surface area contributed by atoms with E-state index in [9.17, 15) is 13.2 Å². The number of hydrogen-bond donors (Lipinski definition) is 2. The molecule has 0 amide bonds. The third kappa shape index (κ3) is 3.74. The summed E-state index contributed by atoms with van der Waals surface area (Å²) in [6.07, 6.45) is 0. The summed E-state index contributed by atoms with van der Waals surface area (Å²) in [4.78, 5) is 16.9. The van der Waals surface area contributed by atoms with Gasteiger partial charge in [-0.15, -0.1) is 0 Å². The van der Waals surface area contributed by atoms with Crippen LogP contribution in [0.1, 0.15) is 5.82 Å². The number of hydrogen-bond acceptors (Lipinski definition) is 7. The number of nitrogens with one attached hydrogen (secondary N) is 1. The van der Waals surface area contributed by atoms with E-state index in [-0.39, 0.29) is 23.5 Å². The van der Waals surface area contributed by atoms with E-state index in [1.807, 2.05) is 24.3 Å². The van der Waals surface area contributed by atoms with Gasteiger partial charge in [0.25, 0.3) is 0 Å². The Morgan fingerprint density at radius 2 is 1.86 bits per heavy atom. The lowest BCUT2D eigenvalue weighted by molar-refractivity contribution is -0.0521. The molecule has 4 rings (SSSR count). The smallest absolute Gasteiger partial charge is 0.387 e. The highest BCUT2D eigenvalue weighted by atomic mass is 19.3. The number of aryl methyl sites for hydroxylation is 1. The molecule has 29 heavy (non-hydrogen) atoms. The van der Waals surface area contributed by atoms with Gasteiger partial charge in [-0.3, -0.25) is 4.57 Å². The van der Waals surface area contributed by atoms with Crippen molar-refractivity contribution in [1.29, 1.82) is 0 Å². The van der Waals surface area contributed by atoms with Crippen molar-refractivity contribution >= 4 is 28.6 Å². The van der Waals surface area contributed by atoms with Crippen LogP contribution in [0, 0.1) is 12.7 Å². The minimum Gasteiger partial charge on any atom is -0.432 e. The normalized spacial score (nSPS) is 11.2. The number of alkyl halides is 2. The van der Waals surface area contributed by atoms with Gasteiger partial charge in [-0.25, -0.2) is 9.37 Å². The molecule has 0 saturated carbocycles. The Hall–Kier alpha value is -3.89. The van der Waals surface area contributed by atoms with Gasteiger partial charge in [-0.05, 0) is 31.2 Å². The molecule has 0 fully saturated rings. The molecule has 148 valence electrons. The predicted molar refractivity (Wildman–Crippen MR) is 99.9 cm³/mol. The van der Waals surface area contributed by atoms with Gasteiger partial charge in [0, 0.05) is 11.8 Å². The molecule has 11 heteroatoms. The first-order valence-electron chi connectivity index (χ1n) is 8.38. The number of anilines is 3. The quantitative estimate of drug-likeness (QED) is 0.527. The first-order valence-corrected chi connectivity index (χ1v) is 8.38. The molecule has 2 aromatic carbocycles. The van der Waals surface area contributed by atoms with Crippen molar-refractivity contribution in [2.75, 3.05) is 11.1 Å². The fourth-order valence-corrected chi connectivity index (χ4v) is 2.83. The largest absolute Gasteiger partial charge is 0.432 e. The van der Waals surface area contributed by atoms with E-state index in [4.69, 9.17) is 5.73 Å². The fraction of sp³-hybridized carbons (Fsp3) is 0.111. The Morgan fingerprint density at radius 1 is 1.07 bits per heavy atom. The summed E-state index contributed by atoms with van der Waals surface area (Å²) in [6.45, 7) is -1.33. The zero-order valence-electron chi connectivity index (χ0n) is 15.0. The lowest BCUT2D eigenvalue weighted by Crippen LogP contribution is -2.10. The Labute approximate surface area is 162 Å². The molecule has 0 radical (unpaired) electrons. The molecule has 0 aliphatic carbocycles. The van der Waals surface area contributed by atoms with E-state index in [0.29, 0.717) is 5.82 Å². The average Bonchev–Trinajstić information content (AvgIpc) is 2.99. The molecule has 8 nitrogen and oxygen atoms in total. The van der Waals surface area contributed by atoms with E-state index < -0.39 is 18.2 Å². The van der Waals surface area contributed by atoms with Crippen LogP contribution in [0.4, 0.5) is 30.8 Å². The fourth-order valence-electron chi connectivity index (χ4n) is 2.83. The maximum absolute atomic E-state index is 13.9. The van der Waals surface area contributed by atoms with Gasteiger partial charge in [-0.2, -0.15) is 23.7 Å². The number of para-hydroxylation sites is 2. The Morgan fingerprint density at radius 3 is 2.62 bits per heavy atom. The van der Waals surface area contributed by atoms with Crippen LogP contribution in [0.3, 0.4) is 0 Å². The van der Waals surface area contributed by atoms with Gasteiger partial charge in [-0.1, -0.05) is 12.1 Å². The lowest BCUT2D eigenvalue weighted by Gasteiger charge is -2.11. The van der Waals surface area contributed by atoms with Crippen molar-refractivity contribution in [3.8, 4) is 11.7 Å². The molecule has 4 aromatic rings. The lowest BCUT2D eigenvalue weighted by atomic mass is 10.3. The van der Waals surface area contributed by atoms with Gasteiger partial charge >= 0.3 is 6.61 Å². The number of halogens is 3. The Balaban J connectivity index is 1.69. The molecule has 0 atom stereocenters. The number of nitrogens with two attached hydrogens (primary N) is 1. The molecule has 0 aliphatic heterocycles. The summed E-state index contributed by atoms with van der Waals surface area (Å²) in [6, 6.07) is 10.8. The van der Waals surface area contributed by atoms with E-state index >= 15 is 0 Å². The number of imidazole rings is 1. The van der Waals surface area contributed by atoms with Gasteiger partial charge in [0.2, 0.25) is 17.8 Å². The van der Waals surface area contributed by atoms with Crippen molar-refractivity contribution in [3.05, 3.63) is 54.1 Å². The number of benzene rings is 2. The summed E-state index contributed by atoms with van der Waals surface area (Å²) in [5, 5.41) is 2.78. The van der Waals surface area contributed by atoms with Crippen LogP contribution in [0.2, 0.25) is 0 Å². The minimum atomic E-state index is -3.12. The Kier molecular flexibility index (Phi) is 4.63. The average molecular weight is 401 g/mol. The number of ether oxygens (including phenoxy) is 1. The first-order chi connectivity index (χ1) is 13.9. The van der Waals surface area contributed by atoms with Crippen LogP contribution in [-0.2, 0) is 0 Å². The number of nitrogens with zero attached hydrogens (tertiary/aromatic N) is 5. The third-order valence-electron chi connectivity index (χ3n) is 3.97. The summed E-state index contributed by atoms with van der Waals surface area (Å²) >= 11 is 0. The van der Waals surface area contributed by atoms with Crippen molar-refractivity contribution in [2.45, 2.75) is 13.5 Å². The van der Waals surface area contributed by atoms with Crippen molar-refractivity contribution in [2.24, 2.45) is 0 Å². The van der Waals surface area contributed by atoms with Gasteiger partial charge < -0.3 is 15.8 Å². The standard InChI is InChI=1S/C18H14F3N7O/c1-9-23-12-4-2-3-5-13(12)28(9)18-26-16(22)25-17(27-18)24-10-6-7-14(11(19)8-10)29-15(20)21/h2-8,15H,1H3,(H3,22,24,25,26,27). The van der Waals surface area contributed by atoms with Crippen molar-refractivity contribution < 1.29 is 17.9 Å². The van der Waals surface area contributed by atoms with Gasteiger partial charge in [0.05, 0.1) is 11.0 Å². The minimum absolute atomic E-state index is 0.0478. The zero-order chi connectivity index (χ0) is 20.5. The highest BCUT2D eigenvalue weighted by Gasteiger charge is 2.15.